The Kier molecular flexibility index (Phi) is 8.83. The number of para-hydroxylation sites is 1. The van der Waals surface area contributed by atoms with Gasteiger partial charge in [-0.15, -0.1) is 0 Å². The van der Waals surface area contributed by atoms with E-state index >= 15 is 0 Å². The Hall–Kier alpha value is -4.66. The highest BCUT2D eigenvalue weighted by molar-refractivity contribution is 6.10. The molecule has 0 N–H and O–H groups in total. The molecule has 0 heterocycles. The van der Waals surface area contributed by atoms with Gasteiger partial charge in [-0.05, 0) is 47.5 Å². The quantitative estimate of drug-likeness (QED) is 0.150. The van der Waals surface area contributed by atoms with Gasteiger partial charge in [-0.25, -0.2) is 0 Å². The molecular formula is C31H31NO8. The summed E-state index contributed by atoms with van der Waals surface area (Å²) in [5.74, 6) is -2.22. The third-order valence-corrected chi connectivity index (χ3v) is 7.35. The van der Waals surface area contributed by atoms with Crippen LogP contribution in [0.15, 0.2) is 72.8 Å². The van der Waals surface area contributed by atoms with Gasteiger partial charge in [-0.2, -0.15) is 0 Å². The molecule has 0 aromatic heterocycles. The lowest BCUT2D eigenvalue weighted by Gasteiger charge is -2.37. The van der Waals surface area contributed by atoms with Crippen LogP contribution in [0.4, 0.5) is 0 Å². The van der Waals surface area contributed by atoms with Crippen molar-refractivity contribution in [1.82, 2.24) is 0 Å². The first-order valence-corrected chi connectivity index (χ1v) is 12.7. The van der Waals surface area contributed by atoms with Crippen LogP contribution in [0.2, 0.25) is 0 Å². The van der Waals surface area contributed by atoms with Gasteiger partial charge in [0.2, 0.25) is 6.04 Å². The maximum atomic E-state index is 13.8. The van der Waals surface area contributed by atoms with Gasteiger partial charge in [-0.1, -0.05) is 42.5 Å². The maximum absolute atomic E-state index is 13.8. The molecule has 1 aliphatic rings. The highest BCUT2D eigenvalue weighted by atomic mass is 16.6. The molecule has 0 aliphatic heterocycles. The number of carbonyl (C=O) groups excluding carboxylic acids is 2. The topological polar surface area (TPSA) is 114 Å². The minimum atomic E-state index is -1.30. The highest BCUT2D eigenvalue weighted by Gasteiger charge is 2.55. The van der Waals surface area contributed by atoms with Crippen LogP contribution in [-0.4, -0.2) is 51.0 Å². The Bertz CT molecular complexity index is 1400. The van der Waals surface area contributed by atoms with Crippen molar-refractivity contribution in [3.8, 4) is 23.0 Å². The van der Waals surface area contributed by atoms with Crippen LogP contribution in [0, 0.1) is 16.0 Å². The molecule has 208 valence electrons. The van der Waals surface area contributed by atoms with E-state index in [9.17, 15) is 19.7 Å². The summed E-state index contributed by atoms with van der Waals surface area (Å²) in [6.45, 7) is 0. The number of benzene rings is 3. The molecule has 1 saturated carbocycles. The molecular weight excluding hydrogens is 514 g/mol. The van der Waals surface area contributed by atoms with Crippen LogP contribution in [-0.2, 0) is 9.59 Å². The molecule has 9 nitrogen and oxygen atoms in total. The fourth-order valence-electron chi connectivity index (χ4n) is 5.43. The SMILES string of the molecule is COc1ccc(C=CC(=O)C2C(=O)CC(c3ccc(OC)cc3)C([N+](=O)[O-])C2c2cccc(OC)c2OC)cc1. The Morgan fingerprint density at radius 3 is 2.05 bits per heavy atom. The second-order valence-electron chi connectivity index (χ2n) is 9.42. The molecule has 1 aliphatic carbocycles. The number of Topliss-reactive ketones (excluding diaryl/α,β-unsaturated/α-hetero) is 1. The second kappa shape index (κ2) is 12.5. The largest absolute Gasteiger partial charge is 0.497 e. The van der Waals surface area contributed by atoms with Crippen molar-refractivity contribution < 1.29 is 33.5 Å². The molecule has 40 heavy (non-hydrogen) atoms. The standard InChI is InChI=1S/C31H31NO8/c1-37-21-13-8-19(9-14-21)10-17-25(33)29-26(34)18-24(20-11-15-22(38-2)16-12-20)30(32(35)36)28(29)23-6-5-7-27(39-3)31(23)40-4/h5-17,24,28-30H,18H2,1-4H3. The highest BCUT2D eigenvalue weighted by Crippen LogP contribution is 2.49. The lowest BCUT2D eigenvalue weighted by Crippen LogP contribution is -2.48. The zero-order valence-corrected chi connectivity index (χ0v) is 22.7. The van der Waals surface area contributed by atoms with Gasteiger partial charge in [0.1, 0.15) is 17.3 Å². The van der Waals surface area contributed by atoms with E-state index in [0.29, 0.717) is 28.4 Å². The van der Waals surface area contributed by atoms with Crippen molar-refractivity contribution in [3.05, 3.63) is 99.6 Å². The molecule has 9 heteroatoms. The summed E-state index contributed by atoms with van der Waals surface area (Å²) in [7, 11) is 5.97. The average molecular weight is 546 g/mol. The van der Waals surface area contributed by atoms with E-state index in [-0.39, 0.29) is 18.0 Å². The van der Waals surface area contributed by atoms with Crippen LogP contribution in [0.1, 0.15) is 34.9 Å². The third kappa shape index (κ3) is 5.68. The molecule has 4 rings (SSSR count). The predicted molar refractivity (Wildman–Crippen MR) is 149 cm³/mol. The number of nitro groups is 1. The number of allylic oxidation sites excluding steroid dienone is 1. The van der Waals surface area contributed by atoms with Crippen molar-refractivity contribution in [2.45, 2.75) is 24.3 Å². The number of rotatable bonds is 10. The maximum Gasteiger partial charge on any atom is 0.228 e. The first-order valence-electron chi connectivity index (χ1n) is 12.7. The Balaban J connectivity index is 1.83. The molecule has 3 aromatic rings. The van der Waals surface area contributed by atoms with Crippen molar-refractivity contribution >= 4 is 17.6 Å². The van der Waals surface area contributed by atoms with Crippen LogP contribution in [0.3, 0.4) is 0 Å². The van der Waals surface area contributed by atoms with Gasteiger partial charge < -0.3 is 18.9 Å². The summed E-state index contributed by atoms with van der Waals surface area (Å²) >= 11 is 0. The summed E-state index contributed by atoms with van der Waals surface area (Å²) in [4.78, 5) is 39.8. The number of nitrogens with zero attached hydrogens (tertiary/aromatic N) is 1. The molecule has 0 radical (unpaired) electrons. The van der Waals surface area contributed by atoms with E-state index in [1.165, 1.54) is 27.4 Å². The first kappa shape index (κ1) is 28.4. The number of ketones is 2. The van der Waals surface area contributed by atoms with Crippen molar-refractivity contribution in [1.29, 1.82) is 0 Å². The molecule has 0 amide bonds. The van der Waals surface area contributed by atoms with E-state index in [1.54, 1.807) is 79.9 Å². The number of carbonyl (C=O) groups is 2. The van der Waals surface area contributed by atoms with E-state index in [2.05, 4.69) is 0 Å². The molecule has 0 saturated heterocycles. The first-order chi connectivity index (χ1) is 19.3. The smallest absolute Gasteiger partial charge is 0.228 e. The summed E-state index contributed by atoms with van der Waals surface area (Å²) in [6.07, 6.45) is 2.74. The van der Waals surface area contributed by atoms with Gasteiger partial charge in [0, 0.05) is 16.9 Å². The van der Waals surface area contributed by atoms with E-state index in [4.69, 9.17) is 18.9 Å². The second-order valence-corrected chi connectivity index (χ2v) is 9.42. The van der Waals surface area contributed by atoms with Gasteiger partial charge in [0.15, 0.2) is 17.3 Å². The summed E-state index contributed by atoms with van der Waals surface area (Å²) < 4.78 is 21.5. The van der Waals surface area contributed by atoms with Gasteiger partial charge in [-0.3, -0.25) is 19.7 Å². The molecule has 4 unspecified atom stereocenters. The summed E-state index contributed by atoms with van der Waals surface area (Å²) in [6, 6.07) is 17.6. The minimum Gasteiger partial charge on any atom is -0.497 e. The lowest BCUT2D eigenvalue weighted by atomic mass is 9.64. The van der Waals surface area contributed by atoms with E-state index in [1.807, 2.05) is 0 Å². The minimum absolute atomic E-state index is 0.159. The van der Waals surface area contributed by atoms with Crippen molar-refractivity contribution in [3.63, 3.8) is 0 Å². The Morgan fingerprint density at radius 1 is 0.875 bits per heavy atom. The monoisotopic (exact) mass is 545 g/mol. The van der Waals surface area contributed by atoms with Crippen LogP contribution in [0.25, 0.3) is 6.08 Å². The predicted octanol–water partition coefficient (Wildman–Crippen LogP) is 5.11. The Morgan fingerprint density at radius 2 is 1.50 bits per heavy atom. The number of hydrogen-bond donors (Lipinski definition) is 0. The lowest BCUT2D eigenvalue weighted by molar-refractivity contribution is -0.533. The number of methoxy groups -OCH3 is 4. The number of hydrogen-bond acceptors (Lipinski definition) is 8. The number of ether oxygens (including phenoxy) is 4. The fourth-order valence-corrected chi connectivity index (χ4v) is 5.43. The van der Waals surface area contributed by atoms with E-state index in [0.717, 1.165) is 5.56 Å². The van der Waals surface area contributed by atoms with Crippen molar-refractivity contribution in [2.24, 2.45) is 5.92 Å². The molecule has 0 spiro atoms. The van der Waals surface area contributed by atoms with Gasteiger partial charge in [0.05, 0.1) is 46.2 Å². The third-order valence-electron chi connectivity index (χ3n) is 7.35. The molecule has 3 aromatic carbocycles. The Labute approximate surface area is 232 Å². The zero-order valence-electron chi connectivity index (χ0n) is 22.7. The van der Waals surface area contributed by atoms with Crippen LogP contribution < -0.4 is 18.9 Å². The van der Waals surface area contributed by atoms with Crippen molar-refractivity contribution in [2.75, 3.05) is 28.4 Å². The molecule has 1 fully saturated rings. The normalized spacial score (nSPS) is 20.6. The zero-order chi connectivity index (χ0) is 28.8. The van der Waals surface area contributed by atoms with E-state index < -0.39 is 34.5 Å². The fraction of sp³-hybridized carbons (Fsp3) is 0.290. The average Bonchev–Trinajstić information content (AvgIpc) is 2.98. The van der Waals surface area contributed by atoms with Gasteiger partial charge in [0.25, 0.3) is 0 Å². The van der Waals surface area contributed by atoms with Gasteiger partial charge >= 0.3 is 0 Å². The van der Waals surface area contributed by atoms with Crippen LogP contribution in [0.5, 0.6) is 23.0 Å². The summed E-state index contributed by atoms with van der Waals surface area (Å²) in [5, 5.41) is 12.8. The molecule has 4 atom stereocenters. The van der Waals surface area contributed by atoms with Crippen LogP contribution >= 0.6 is 0 Å². The molecule has 0 bridgehead atoms. The summed E-state index contributed by atoms with van der Waals surface area (Å²) in [5.41, 5.74) is 1.70.